The second kappa shape index (κ2) is 24.7. The zero-order valence-electron chi connectivity index (χ0n) is 38.9. The Kier molecular flexibility index (Phi) is 18.0. The van der Waals surface area contributed by atoms with Gasteiger partial charge in [-0.25, -0.2) is 9.97 Å². The molecule has 12 nitrogen and oxygen atoms in total. The number of anilines is 2. The predicted octanol–water partition coefficient (Wildman–Crippen LogP) is 8.72. The van der Waals surface area contributed by atoms with Crippen LogP contribution < -0.4 is 20.4 Å². The number of aryl methyl sites for hydroxylation is 1. The van der Waals surface area contributed by atoms with Crippen LogP contribution in [-0.4, -0.2) is 109 Å². The van der Waals surface area contributed by atoms with Crippen LogP contribution in [0.25, 0.3) is 0 Å². The third kappa shape index (κ3) is 14.8. The molecule has 8 rings (SSSR count). The number of amides is 4. The van der Waals surface area contributed by atoms with Crippen LogP contribution in [0.5, 0.6) is 0 Å². The van der Waals surface area contributed by atoms with Crippen molar-refractivity contribution in [3.05, 3.63) is 188 Å². The lowest BCUT2D eigenvalue weighted by Gasteiger charge is -2.36. The van der Waals surface area contributed by atoms with E-state index in [4.69, 9.17) is 34.8 Å². The van der Waals surface area contributed by atoms with Gasteiger partial charge in [0, 0.05) is 92.9 Å². The molecule has 358 valence electrons. The molecule has 0 saturated carbocycles. The fourth-order valence-corrected chi connectivity index (χ4v) is 8.70. The minimum absolute atomic E-state index is 0.115. The molecule has 1 unspecified atom stereocenters. The van der Waals surface area contributed by atoms with Crippen LogP contribution >= 0.6 is 34.8 Å². The molecule has 4 amide bonds. The van der Waals surface area contributed by atoms with E-state index in [0.717, 1.165) is 47.0 Å². The van der Waals surface area contributed by atoms with Gasteiger partial charge in [-0.05, 0) is 110 Å². The van der Waals surface area contributed by atoms with E-state index in [-0.39, 0.29) is 29.5 Å². The molecule has 2 fully saturated rings. The number of nitrogens with one attached hydrogen (secondary N) is 2. The Morgan fingerprint density at radius 3 is 1.48 bits per heavy atom. The van der Waals surface area contributed by atoms with Gasteiger partial charge in [0.15, 0.2) is 0 Å². The van der Waals surface area contributed by atoms with E-state index < -0.39 is 0 Å². The summed E-state index contributed by atoms with van der Waals surface area (Å²) >= 11 is 18.0. The number of nitrogens with zero attached hydrogens (tertiary/aromatic N) is 6. The molecule has 69 heavy (non-hydrogen) atoms. The second-order valence-electron chi connectivity index (χ2n) is 17.2. The van der Waals surface area contributed by atoms with Crippen LogP contribution in [-0.2, 0) is 28.9 Å². The molecular formula is C54H57Cl3N8O4. The van der Waals surface area contributed by atoms with Crippen LogP contribution in [0.2, 0.25) is 15.1 Å². The molecule has 0 radical (unpaired) electrons. The zero-order valence-corrected chi connectivity index (χ0v) is 41.2. The van der Waals surface area contributed by atoms with E-state index in [2.05, 4.69) is 30.4 Å². The van der Waals surface area contributed by atoms with Crippen molar-refractivity contribution in [2.24, 2.45) is 0 Å². The van der Waals surface area contributed by atoms with Gasteiger partial charge < -0.3 is 30.2 Å². The first-order valence-electron chi connectivity index (χ1n) is 23.2. The first-order chi connectivity index (χ1) is 33.4. The Morgan fingerprint density at radius 2 is 1.03 bits per heavy atom. The maximum atomic E-state index is 12.9. The first kappa shape index (κ1) is 50.4. The predicted molar refractivity (Wildman–Crippen MR) is 276 cm³/mol. The lowest BCUT2D eigenvalue weighted by atomic mass is 9.99. The van der Waals surface area contributed by atoms with Crippen molar-refractivity contribution in [3.8, 4) is 0 Å². The molecule has 6 aromatic rings. The Bertz CT molecular complexity index is 2650. The van der Waals surface area contributed by atoms with Crippen molar-refractivity contribution in [2.75, 3.05) is 75.2 Å². The van der Waals surface area contributed by atoms with Crippen LogP contribution in [0.4, 0.5) is 11.6 Å². The molecule has 4 heterocycles. The average Bonchev–Trinajstić information content (AvgIpc) is 3.37. The summed E-state index contributed by atoms with van der Waals surface area (Å²) in [5, 5.41) is 7.90. The highest BCUT2D eigenvalue weighted by molar-refractivity contribution is 6.31. The Morgan fingerprint density at radius 1 is 0.551 bits per heavy atom. The van der Waals surface area contributed by atoms with Gasteiger partial charge >= 0.3 is 0 Å². The van der Waals surface area contributed by atoms with Gasteiger partial charge in [0.1, 0.15) is 11.6 Å². The van der Waals surface area contributed by atoms with Crippen molar-refractivity contribution in [1.29, 1.82) is 0 Å². The van der Waals surface area contributed by atoms with Gasteiger partial charge in [-0.1, -0.05) is 101 Å². The van der Waals surface area contributed by atoms with E-state index in [1.165, 1.54) is 5.56 Å². The summed E-state index contributed by atoms with van der Waals surface area (Å²) in [6.07, 6.45) is 5.06. The lowest BCUT2D eigenvalue weighted by molar-refractivity contribution is -0.133. The lowest BCUT2D eigenvalue weighted by Crippen LogP contribution is -2.50. The van der Waals surface area contributed by atoms with Gasteiger partial charge in [0.05, 0.1) is 23.5 Å². The fraction of sp³-hybridized carbons (Fsp3) is 0.296. The van der Waals surface area contributed by atoms with E-state index >= 15 is 0 Å². The standard InChI is InChI=1S/C27H28Cl2N4O2.C27H29ClN4O2/c1-19(21-5-8-23(28)9-6-21)27(35)33-15-13-32(14-16-33)25-10-7-22(18-31-25)26(34)30-12-11-20-3-2-4-24(29)17-20;1-20-5-7-22(8-6-20)18-26(33)32-15-13-31(14-16-32)25-10-9-23(19-30-25)27(34)29-12-11-21-3-2-4-24(28)17-21/h2-10,17-19H,11-16H2,1H3,(H,30,34);2-10,17,19H,11-16,18H2,1H3,(H,29,34). The molecule has 2 aromatic heterocycles. The first-order valence-corrected chi connectivity index (χ1v) is 24.4. The number of benzene rings is 4. The van der Waals surface area contributed by atoms with Crippen molar-refractivity contribution in [1.82, 2.24) is 30.4 Å². The maximum Gasteiger partial charge on any atom is 0.252 e. The number of aromatic nitrogens is 2. The summed E-state index contributed by atoms with van der Waals surface area (Å²) in [4.78, 5) is 67.6. The SMILES string of the molecule is CC(C(=O)N1CCN(c2ccc(C(=O)NCCc3cccc(Cl)c3)cn2)CC1)c1ccc(Cl)cc1.Cc1ccc(CC(=O)N2CCN(c3ccc(C(=O)NCCc4cccc(Cl)c4)cn3)CC2)cc1. The maximum absolute atomic E-state index is 12.9. The minimum Gasteiger partial charge on any atom is -0.353 e. The van der Waals surface area contributed by atoms with Gasteiger partial charge in [-0.15, -0.1) is 0 Å². The molecule has 2 N–H and O–H groups in total. The van der Waals surface area contributed by atoms with Crippen molar-refractivity contribution in [3.63, 3.8) is 0 Å². The molecule has 2 saturated heterocycles. The van der Waals surface area contributed by atoms with Crippen LogP contribution in [0, 0.1) is 6.92 Å². The molecule has 0 spiro atoms. The van der Waals surface area contributed by atoms with Gasteiger partial charge in [-0.3, -0.25) is 19.2 Å². The number of rotatable bonds is 14. The van der Waals surface area contributed by atoms with Crippen molar-refractivity contribution in [2.45, 2.75) is 39.0 Å². The summed E-state index contributed by atoms with van der Waals surface area (Å²) in [6.45, 7) is 10.4. The van der Waals surface area contributed by atoms with Gasteiger partial charge in [0.2, 0.25) is 11.8 Å². The number of hydrogen-bond acceptors (Lipinski definition) is 8. The molecule has 4 aromatic carbocycles. The Hall–Kier alpha value is -6.47. The van der Waals surface area contributed by atoms with Crippen LogP contribution in [0.1, 0.15) is 61.4 Å². The molecular weight excluding hydrogens is 931 g/mol. The highest BCUT2D eigenvalue weighted by Crippen LogP contribution is 2.23. The van der Waals surface area contributed by atoms with Crippen molar-refractivity contribution < 1.29 is 19.2 Å². The minimum atomic E-state index is -0.214. The van der Waals surface area contributed by atoms with E-state index in [9.17, 15) is 19.2 Å². The summed E-state index contributed by atoms with van der Waals surface area (Å²) in [7, 11) is 0. The third-order valence-electron chi connectivity index (χ3n) is 12.3. The summed E-state index contributed by atoms with van der Waals surface area (Å²) in [6, 6.07) is 38.1. The Balaban J connectivity index is 0.000000204. The number of hydrogen-bond donors (Lipinski definition) is 2. The van der Waals surface area contributed by atoms with Crippen molar-refractivity contribution >= 4 is 70.1 Å². The molecule has 0 aliphatic carbocycles. The molecule has 2 aliphatic rings. The largest absolute Gasteiger partial charge is 0.353 e. The Labute approximate surface area is 419 Å². The smallest absolute Gasteiger partial charge is 0.252 e. The number of halogens is 3. The number of pyridine rings is 2. The highest BCUT2D eigenvalue weighted by atomic mass is 35.5. The average molecular weight is 988 g/mol. The topological polar surface area (TPSA) is 131 Å². The summed E-state index contributed by atoms with van der Waals surface area (Å²) in [5.74, 6) is 1.38. The van der Waals surface area contributed by atoms with E-state index in [0.29, 0.717) is 97.8 Å². The number of carbonyl (C=O) groups is 4. The zero-order chi connectivity index (χ0) is 48.7. The number of carbonyl (C=O) groups excluding carboxylic acids is 4. The third-order valence-corrected chi connectivity index (χ3v) is 13.0. The quantitative estimate of drug-likeness (QED) is 0.111. The van der Waals surface area contributed by atoms with Gasteiger partial charge in [-0.2, -0.15) is 0 Å². The van der Waals surface area contributed by atoms with Crippen LogP contribution in [0.15, 0.2) is 134 Å². The molecule has 0 bridgehead atoms. The normalized spacial score (nSPS) is 14.0. The molecule has 2 aliphatic heterocycles. The molecule has 15 heteroatoms. The van der Waals surface area contributed by atoms with Gasteiger partial charge in [0.25, 0.3) is 11.8 Å². The van der Waals surface area contributed by atoms with E-state index in [1.54, 1.807) is 24.5 Å². The summed E-state index contributed by atoms with van der Waals surface area (Å²) < 4.78 is 0. The summed E-state index contributed by atoms with van der Waals surface area (Å²) in [5.41, 5.74) is 6.40. The fourth-order valence-electron chi connectivity index (χ4n) is 8.15. The monoisotopic (exact) mass is 986 g/mol. The van der Waals surface area contributed by atoms with Crippen LogP contribution in [0.3, 0.4) is 0 Å². The second-order valence-corrected chi connectivity index (χ2v) is 18.5. The highest BCUT2D eigenvalue weighted by Gasteiger charge is 2.27. The molecule has 1 atom stereocenters. The number of piperazine rings is 2. The van der Waals surface area contributed by atoms with E-state index in [1.807, 2.05) is 133 Å².